The number of rotatable bonds is 4. The van der Waals surface area contributed by atoms with E-state index in [0.29, 0.717) is 22.9 Å². The Kier molecular flexibility index (Phi) is 2.95. The van der Waals surface area contributed by atoms with Crippen molar-refractivity contribution in [1.82, 2.24) is 5.32 Å². The summed E-state index contributed by atoms with van der Waals surface area (Å²) in [6, 6.07) is 0.375. The largest absolute Gasteiger partial charge is 0.392 e. The van der Waals surface area contributed by atoms with Gasteiger partial charge in [-0.25, -0.2) is 0 Å². The lowest BCUT2D eigenvalue weighted by atomic mass is 9.62. The maximum atomic E-state index is 12.2. The topological polar surface area (TPSA) is 55.1 Å². The van der Waals surface area contributed by atoms with Crippen molar-refractivity contribution >= 4 is 23.1 Å². The van der Waals surface area contributed by atoms with E-state index in [2.05, 4.69) is 19.2 Å². The molecule has 4 heteroatoms. The van der Waals surface area contributed by atoms with Crippen molar-refractivity contribution in [2.75, 3.05) is 0 Å². The van der Waals surface area contributed by atoms with Crippen molar-refractivity contribution in [2.45, 2.75) is 45.6 Å². The van der Waals surface area contributed by atoms with Gasteiger partial charge in [0.1, 0.15) is 0 Å². The molecule has 90 valence electrons. The number of carbonyl (C=O) groups is 1. The summed E-state index contributed by atoms with van der Waals surface area (Å²) in [5, 5.41) is 3.09. The Bertz CT molecular complexity index is 323. The smallest absolute Gasteiger partial charge is 0.233 e. The zero-order chi connectivity index (χ0) is 11.9. The molecule has 0 aliphatic heterocycles. The Labute approximate surface area is 102 Å². The van der Waals surface area contributed by atoms with Crippen molar-refractivity contribution in [2.24, 2.45) is 23.0 Å². The first-order valence-corrected chi connectivity index (χ1v) is 6.51. The van der Waals surface area contributed by atoms with Crippen LogP contribution in [-0.2, 0) is 4.79 Å². The Hall–Kier alpha value is -0.640. The second-order valence-corrected chi connectivity index (χ2v) is 5.88. The number of amides is 1. The van der Waals surface area contributed by atoms with Gasteiger partial charge in [-0.2, -0.15) is 0 Å². The lowest BCUT2D eigenvalue weighted by Gasteiger charge is -2.44. The lowest BCUT2D eigenvalue weighted by Crippen LogP contribution is -2.56. The quantitative estimate of drug-likeness (QED) is 0.734. The molecule has 0 aromatic rings. The van der Waals surface area contributed by atoms with E-state index in [1.165, 1.54) is 0 Å². The van der Waals surface area contributed by atoms with Crippen LogP contribution in [0.1, 0.15) is 39.5 Å². The van der Waals surface area contributed by atoms with Gasteiger partial charge < -0.3 is 11.1 Å². The predicted molar refractivity (Wildman–Crippen MR) is 67.9 cm³/mol. The number of nitrogens with two attached hydrogens (primary N) is 1. The van der Waals surface area contributed by atoms with Crippen LogP contribution in [0.4, 0.5) is 0 Å². The molecule has 0 spiro atoms. The van der Waals surface area contributed by atoms with E-state index in [1.54, 1.807) is 0 Å². The van der Waals surface area contributed by atoms with Crippen molar-refractivity contribution in [3.05, 3.63) is 0 Å². The summed E-state index contributed by atoms with van der Waals surface area (Å²) in [6.07, 6.45) is 3.89. The fourth-order valence-electron chi connectivity index (χ4n) is 2.81. The highest BCUT2D eigenvalue weighted by molar-refractivity contribution is 7.80. The third-order valence-corrected chi connectivity index (χ3v) is 4.45. The standard InChI is InChI=1S/C12H20N2OS/c1-3-8-4-9(8)14-11(15)12(10(13)16)5-7(2)6-12/h7-9H,3-6H2,1-2H3,(H2,13,16)(H,14,15). The van der Waals surface area contributed by atoms with Gasteiger partial charge in [-0.1, -0.05) is 32.5 Å². The average Bonchev–Trinajstić information content (AvgIpc) is 2.90. The van der Waals surface area contributed by atoms with E-state index in [9.17, 15) is 4.79 Å². The summed E-state index contributed by atoms with van der Waals surface area (Å²) in [5.74, 6) is 1.30. The molecule has 0 heterocycles. The van der Waals surface area contributed by atoms with Crippen LogP contribution in [0.25, 0.3) is 0 Å². The van der Waals surface area contributed by atoms with E-state index >= 15 is 0 Å². The highest BCUT2D eigenvalue weighted by Gasteiger charge is 2.52. The second-order valence-electron chi connectivity index (χ2n) is 5.44. The van der Waals surface area contributed by atoms with Crippen LogP contribution in [0.2, 0.25) is 0 Å². The highest BCUT2D eigenvalue weighted by atomic mass is 32.1. The van der Waals surface area contributed by atoms with E-state index in [4.69, 9.17) is 18.0 Å². The van der Waals surface area contributed by atoms with Crippen molar-refractivity contribution in [3.8, 4) is 0 Å². The summed E-state index contributed by atoms with van der Waals surface area (Å²) in [7, 11) is 0. The van der Waals surface area contributed by atoms with Gasteiger partial charge in [-0.05, 0) is 31.1 Å². The molecular formula is C12H20N2OS. The maximum Gasteiger partial charge on any atom is 0.233 e. The fraction of sp³-hybridized carbons (Fsp3) is 0.833. The number of thiocarbonyl (C=S) groups is 1. The normalized spacial score (nSPS) is 41.0. The minimum atomic E-state index is -0.532. The molecule has 2 rings (SSSR count). The van der Waals surface area contributed by atoms with Crippen LogP contribution >= 0.6 is 12.2 Å². The molecule has 3 N–H and O–H groups in total. The molecule has 1 amide bonds. The first-order chi connectivity index (χ1) is 7.49. The van der Waals surface area contributed by atoms with Gasteiger partial charge in [0.25, 0.3) is 0 Å². The molecule has 0 aromatic heterocycles. The van der Waals surface area contributed by atoms with Gasteiger partial charge in [-0.3, -0.25) is 4.79 Å². The highest BCUT2D eigenvalue weighted by Crippen LogP contribution is 2.47. The van der Waals surface area contributed by atoms with Gasteiger partial charge in [0.2, 0.25) is 5.91 Å². The third-order valence-electron chi connectivity index (χ3n) is 4.06. The SMILES string of the molecule is CCC1CC1NC(=O)C1(C(N)=S)CC(C)C1. The monoisotopic (exact) mass is 240 g/mol. The van der Waals surface area contributed by atoms with Crippen LogP contribution in [-0.4, -0.2) is 16.9 Å². The van der Waals surface area contributed by atoms with Crippen molar-refractivity contribution in [1.29, 1.82) is 0 Å². The molecule has 0 radical (unpaired) electrons. The summed E-state index contributed by atoms with van der Waals surface area (Å²) in [4.78, 5) is 12.5. The Balaban J connectivity index is 1.95. The third kappa shape index (κ3) is 1.83. The molecule has 16 heavy (non-hydrogen) atoms. The Morgan fingerprint density at radius 2 is 2.19 bits per heavy atom. The average molecular weight is 240 g/mol. The minimum Gasteiger partial charge on any atom is -0.392 e. The summed E-state index contributed by atoms with van der Waals surface area (Å²) in [6.45, 7) is 4.29. The van der Waals surface area contributed by atoms with Crippen molar-refractivity contribution < 1.29 is 4.79 Å². The molecule has 2 fully saturated rings. The summed E-state index contributed by atoms with van der Waals surface area (Å²) < 4.78 is 0. The summed E-state index contributed by atoms with van der Waals surface area (Å²) >= 11 is 5.06. The molecule has 2 aliphatic carbocycles. The Morgan fingerprint density at radius 3 is 2.56 bits per heavy atom. The van der Waals surface area contributed by atoms with Crippen LogP contribution in [0.15, 0.2) is 0 Å². The zero-order valence-corrected chi connectivity index (χ0v) is 10.8. The first kappa shape index (κ1) is 11.8. The van der Waals surface area contributed by atoms with Gasteiger partial charge in [0, 0.05) is 6.04 Å². The van der Waals surface area contributed by atoms with Crippen molar-refractivity contribution in [3.63, 3.8) is 0 Å². The molecule has 0 aromatic carbocycles. The number of nitrogens with one attached hydrogen (secondary N) is 1. The van der Waals surface area contributed by atoms with Crippen LogP contribution < -0.4 is 11.1 Å². The number of hydrogen-bond donors (Lipinski definition) is 2. The fourth-order valence-corrected chi connectivity index (χ4v) is 3.07. The molecule has 2 unspecified atom stereocenters. The first-order valence-electron chi connectivity index (χ1n) is 6.10. The molecule has 2 atom stereocenters. The lowest BCUT2D eigenvalue weighted by molar-refractivity contribution is -0.133. The van der Waals surface area contributed by atoms with Crippen LogP contribution in [0.3, 0.4) is 0 Å². The Morgan fingerprint density at radius 1 is 1.56 bits per heavy atom. The molecule has 2 saturated carbocycles. The zero-order valence-electron chi connectivity index (χ0n) is 9.95. The van der Waals surface area contributed by atoms with Gasteiger partial charge in [-0.15, -0.1) is 0 Å². The van der Waals surface area contributed by atoms with E-state index in [-0.39, 0.29) is 5.91 Å². The minimum absolute atomic E-state index is 0.0686. The van der Waals surface area contributed by atoms with Gasteiger partial charge in [0.15, 0.2) is 0 Å². The van der Waals surface area contributed by atoms with E-state index in [0.717, 1.165) is 25.7 Å². The number of carbonyl (C=O) groups excluding carboxylic acids is 1. The summed E-state index contributed by atoms with van der Waals surface area (Å²) in [5.41, 5.74) is 5.20. The van der Waals surface area contributed by atoms with Gasteiger partial charge >= 0.3 is 0 Å². The molecule has 2 aliphatic rings. The molecule has 3 nitrogen and oxygen atoms in total. The second kappa shape index (κ2) is 3.99. The van der Waals surface area contributed by atoms with E-state index < -0.39 is 5.41 Å². The molecule has 0 bridgehead atoms. The van der Waals surface area contributed by atoms with Crippen LogP contribution in [0.5, 0.6) is 0 Å². The van der Waals surface area contributed by atoms with Gasteiger partial charge in [0.05, 0.1) is 10.4 Å². The molecular weight excluding hydrogens is 220 g/mol. The molecule has 0 saturated heterocycles. The van der Waals surface area contributed by atoms with E-state index in [1.807, 2.05) is 0 Å². The predicted octanol–water partition coefficient (Wildman–Crippen LogP) is 1.60. The van der Waals surface area contributed by atoms with Crippen LogP contribution in [0, 0.1) is 17.3 Å². The maximum absolute atomic E-state index is 12.2. The number of hydrogen-bond acceptors (Lipinski definition) is 2.